The summed E-state index contributed by atoms with van der Waals surface area (Å²) < 4.78 is 10.2. The number of aromatic nitrogens is 4. The van der Waals surface area contributed by atoms with E-state index in [1.807, 2.05) is 11.8 Å². The first kappa shape index (κ1) is 18.7. The average molecular weight is 394 g/mol. The minimum absolute atomic E-state index is 0.473. The van der Waals surface area contributed by atoms with E-state index in [9.17, 15) is 0 Å². The Morgan fingerprint density at radius 2 is 1.74 bits per heavy atom. The highest BCUT2D eigenvalue weighted by Crippen LogP contribution is 2.28. The van der Waals surface area contributed by atoms with Crippen LogP contribution < -0.4 is 9.80 Å². The average Bonchev–Trinajstić information content (AvgIpc) is 3.19. The normalized spacial score (nSPS) is 18.9. The molecule has 0 atom stereocenters. The smallest absolute Gasteiger partial charge is 0.245 e. The molecule has 2 aromatic rings. The van der Waals surface area contributed by atoms with E-state index >= 15 is 0 Å². The minimum atomic E-state index is 0.473. The third-order valence-corrected chi connectivity index (χ3v) is 6.01. The number of anilines is 2. The van der Waals surface area contributed by atoms with E-state index in [0.29, 0.717) is 11.3 Å². The molecule has 2 aliphatic heterocycles. The van der Waals surface area contributed by atoms with Crippen molar-refractivity contribution in [3.05, 3.63) is 0 Å². The summed E-state index contributed by atoms with van der Waals surface area (Å²) in [7, 11) is 2.08. The Morgan fingerprint density at radius 1 is 1.00 bits per heavy atom. The van der Waals surface area contributed by atoms with Gasteiger partial charge in [-0.05, 0) is 29.7 Å². The van der Waals surface area contributed by atoms with E-state index < -0.39 is 0 Å². The fourth-order valence-corrected chi connectivity index (χ4v) is 4.38. The van der Waals surface area contributed by atoms with Crippen molar-refractivity contribution in [2.75, 3.05) is 80.8 Å². The van der Waals surface area contributed by atoms with Gasteiger partial charge in [-0.25, -0.2) is 14.6 Å². The van der Waals surface area contributed by atoms with Crippen LogP contribution in [0.1, 0.15) is 12.8 Å². The molecule has 0 spiro atoms. The van der Waals surface area contributed by atoms with Gasteiger partial charge < -0.3 is 14.5 Å². The first-order valence-electron chi connectivity index (χ1n) is 9.65. The summed E-state index contributed by atoms with van der Waals surface area (Å²) in [6.45, 7) is 7.85. The quantitative estimate of drug-likeness (QED) is 0.638. The molecule has 0 radical (unpaired) electrons. The molecule has 0 aromatic carbocycles. The highest BCUT2D eigenvalue weighted by atomic mass is 32.2. The molecule has 2 saturated heterocycles. The van der Waals surface area contributed by atoms with Gasteiger partial charge in [0.2, 0.25) is 11.3 Å². The predicted octanol–water partition coefficient (Wildman–Crippen LogP) is 1.11. The van der Waals surface area contributed by atoms with Crippen LogP contribution in [0.15, 0.2) is 4.63 Å². The van der Waals surface area contributed by atoms with Crippen molar-refractivity contribution >= 4 is 34.7 Å². The van der Waals surface area contributed by atoms with Gasteiger partial charge in [0, 0.05) is 51.3 Å². The van der Waals surface area contributed by atoms with E-state index in [1.165, 1.54) is 6.42 Å². The van der Waals surface area contributed by atoms with Gasteiger partial charge in [-0.1, -0.05) is 0 Å². The Morgan fingerprint density at radius 3 is 2.52 bits per heavy atom. The summed E-state index contributed by atoms with van der Waals surface area (Å²) in [5.74, 6) is 3.99. The van der Waals surface area contributed by atoms with Gasteiger partial charge >= 0.3 is 0 Å². The molecule has 0 saturated carbocycles. The lowest BCUT2D eigenvalue weighted by Crippen LogP contribution is -2.37. The van der Waals surface area contributed by atoms with Crippen LogP contribution in [0.2, 0.25) is 0 Å². The van der Waals surface area contributed by atoms with Crippen LogP contribution in [-0.4, -0.2) is 96.2 Å². The summed E-state index contributed by atoms with van der Waals surface area (Å²) in [5.41, 5.74) is 0.952. The van der Waals surface area contributed by atoms with E-state index in [1.54, 1.807) is 0 Å². The summed E-state index contributed by atoms with van der Waals surface area (Å²) in [6.07, 6.45) is 2.28. The molecule has 0 unspecified atom stereocenters. The van der Waals surface area contributed by atoms with Crippen molar-refractivity contribution in [2.45, 2.75) is 12.8 Å². The molecule has 2 aromatic heterocycles. The summed E-state index contributed by atoms with van der Waals surface area (Å²) in [4.78, 5) is 16.4. The fourth-order valence-electron chi connectivity index (χ4n) is 3.48. The number of ether oxygens (including phenoxy) is 1. The molecule has 0 N–H and O–H groups in total. The molecular formula is C17H27N7O2S. The standard InChI is InChI=1S/C17H27N7O2S/c1-22(4-2-3-5-23-6-10-25-11-7-23)16-17(24-8-12-27-13-9-24)19-15-14(18-16)20-26-21-15/h2-13H2,1H3. The second-order valence-electron chi connectivity index (χ2n) is 6.96. The van der Waals surface area contributed by atoms with Gasteiger partial charge in [0.25, 0.3) is 0 Å². The Bertz CT molecular complexity index is 731. The number of fused-ring (bicyclic) bond motifs is 1. The van der Waals surface area contributed by atoms with Crippen LogP contribution >= 0.6 is 11.8 Å². The maximum Gasteiger partial charge on any atom is 0.245 e. The number of rotatable bonds is 7. The number of nitrogens with zero attached hydrogens (tertiary/aromatic N) is 7. The van der Waals surface area contributed by atoms with Gasteiger partial charge in [-0.15, -0.1) is 0 Å². The van der Waals surface area contributed by atoms with Crippen molar-refractivity contribution in [3.63, 3.8) is 0 Å². The topological polar surface area (TPSA) is 83.7 Å². The maximum absolute atomic E-state index is 5.41. The monoisotopic (exact) mass is 393 g/mol. The van der Waals surface area contributed by atoms with Crippen molar-refractivity contribution in [1.29, 1.82) is 0 Å². The van der Waals surface area contributed by atoms with Crippen molar-refractivity contribution < 1.29 is 9.37 Å². The van der Waals surface area contributed by atoms with Crippen molar-refractivity contribution in [2.24, 2.45) is 0 Å². The van der Waals surface area contributed by atoms with Crippen molar-refractivity contribution in [1.82, 2.24) is 25.2 Å². The molecule has 0 aliphatic carbocycles. The summed E-state index contributed by atoms with van der Waals surface area (Å²) >= 11 is 1.98. The minimum Gasteiger partial charge on any atom is -0.379 e. The number of hydrogen-bond acceptors (Lipinski definition) is 10. The molecule has 2 aliphatic rings. The second kappa shape index (κ2) is 9.03. The van der Waals surface area contributed by atoms with E-state index in [2.05, 4.69) is 32.1 Å². The number of unbranched alkanes of at least 4 members (excludes halogenated alkanes) is 1. The van der Waals surface area contributed by atoms with Crippen LogP contribution in [0.5, 0.6) is 0 Å². The third kappa shape index (κ3) is 4.61. The molecular weight excluding hydrogens is 366 g/mol. The lowest BCUT2D eigenvalue weighted by atomic mass is 10.2. The van der Waals surface area contributed by atoms with Crippen molar-refractivity contribution in [3.8, 4) is 0 Å². The molecule has 2 fully saturated rings. The zero-order valence-electron chi connectivity index (χ0n) is 15.8. The van der Waals surface area contributed by atoms with E-state index in [4.69, 9.17) is 19.3 Å². The number of hydrogen-bond donors (Lipinski definition) is 0. The van der Waals surface area contributed by atoms with Gasteiger partial charge in [0.05, 0.1) is 13.2 Å². The Kier molecular flexibility index (Phi) is 6.25. The molecule has 4 heterocycles. The van der Waals surface area contributed by atoms with Crippen LogP contribution in [0.3, 0.4) is 0 Å². The number of morpholine rings is 1. The SMILES string of the molecule is CN(CCCCN1CCOCC1)c1nc2nonc2nc1N1CCSCC1. The van der Waals surface area contributed by atoms with Crippen LogP contribution in [-0.2, 0) is 4.74 Å². The Labute approximate surface area is 163 Å². The van der Waals surface area contributed by atoms with Gasteiger partial charge in [-0.2, -0.15) is 11.8 Å². The first-order valence-corrected chi connectivity index (χ1v) is 10.8. The molecule has 27 heavy (non-hydrogen) atoms. The first-order chi connectivity index (χ1) is 13.3. The zero-order chi connectivity index (χ0) is 18.5. The molecule has 10 heteroatoms. The molecule has 0 amide bonds. The maximum atomic E-state index is 5.41. The van der Waals surface area contributed by atoms with Gasteiger partial charge in [-0.3, -0.25) is 4.90 Å². The molecule has 9 nitrogen and oxygen atoms in total. The molecule has 148 valence electrons. The largest absolute Gasteiger partial charge is 0.379 e. The lowest BCUT2D eigenvalue weighted by molar-refractivity contribution is 0.0372. The zero-order valence-corrected chi connectivity index (χ0v) is 16.7. The molecule has 0 bridgehead atoms. The van der Waals surface area contributed by atoms with Crippen LogP contribution in [0.4, 0.5) is 11.6 Å². The highest BCUT2D eigenvalue weighted by molar-refractivity contribution is 7.99. The lowest BCUT2D eigenvalue weighted by Gasteiger charge is -2.31. The van der Waals surface area contributed by atoms with Gasteiger partial charge in [0.15, 0.2) is 11.6 Å². The summed E-state index contributed by atoms with van der Waals surface area (Å²) in [6, 6.07) is 0. The Hall–Kier alpha value is -1.65. The highest BCUT2D eigenvalue weighted by Gasteiger charge is 2.22. The Balaban J connectivity index is 1.40. The number of thioether (sulfide) groups is 1. The fraction of sp³-hybridized carbons (Fsp3) is 0.765. The van der Waals surface area contributed by atoms with E-state index in [-0.39, 0.29) is 0 Å². The van der Waals surface area contributed by atoms with Crippen LogP contribution in [0, 0.1) is 0 Å². The van der Waals surface area contributed by atoms with Gasteiger partial charge in [0.1, 0.15) is 0 Å². The third-order valence-electron chi connectivity index (χ3n) is 5.07. The molecule has 4 rings (SSSR count). The summed E-state index contributed by atoms with van der Waals surface area (Å²) in [5, 5.41) is 7.75. The second-order valence-corrected chi connectivity index (χ2v) is 8.19. The predicted molar refractivity (Wildman–Crippen MR) is 107 cm³/mol. The van der Waals surface area contributed by atoms with Crippen LogP contribution in [0.25, 0.3) is 11.3 Å². The van der Waals surface area contributed by atoms with E-state index in [0.717, 1.165) is 82.0 Å².